The lowest BCUT2D eigenvalue weighted by Gasteiger charge is -2.38. The third-order valence-corrected chi connectivity index (χ3v) is 16.6. The van der Waals surface area contributed by atoms with E-state index >= 15 is 0 Å². The van der Waals surface area contributed by atoms with Crippen molar-refractivity contribution in [3.05, 3.63) is 44.5 Å². The van der Waals surface area contributed by atoms with Crippen molar-refractivity contribution in [2.75, 3.05) is 13.2 Å². The van der Waals surface area contributed by atoms with Gasteiger partial charge in [0.1, 0.15) is 34.2 Å². The number of phenolic OH excluding ortho intramolecular Hbond substituents is 1. The van der Waals surface area contributed by atoms with Crippen molar-refractivity contribution in [2.45, 2.75) is 324 Å². The highest BCUT2D eigenvalue weighted by atomic mass is 16.5. The van der Waals surface area contributed by atoms with Gasteiger partial charge < -0.3 is 24.4 Å². The van der Waals surface area contributed by atoms with Crippen molar-refractivity contribution in [3.63, 3.8) is 0 Å². The molecule has 0 radical (unpaired) electrons. The van der Waals surface area contributed by atoms with Gasteiger partial charge in [-0.2, -0.15) is 0 Å². The monoisotopic (exact) mass is 961 g/mol. The van der Waals surface area contributed by atoms with Crippen molar-refractivity contribution in [2.24, 2.45) is 0 Å². The second kappa shape index (κ2) is 34.9. The minimum absolute atomic E-state index is 0.0388. The smallest absolute Gasteiger partial charge is 0.127 e. The molecule has 0 amide bonds. The Morgan fingerprint density at radius 1 is 0.406 bits per heavy atom. The van der Waals surface area contributed by atoms with Crippen LogP contribution in [-0.4, -0.2) is 34.6 Å². The molecule has 2 atom stereocenters. The molecule has 0 bridgehead atoms. The van der Waals surface area contributed by atoms with Crippen LogP contribution >= 0.6 is 0 Å². The van der Waals surface area contributed by atoms with Crippen LogP contribution in [0.15, 0.2) is 0 Å². The zero-order chi connectivity index (χ0) is 50.3. The van der Waals surface area contributed by atoms with Gasteiger partial charge in [0.25, 0.3) is 0 Å². The Hall–Kier alpha value is -2.40. The number of unbranched alkanes of at least 4 members (excludes halogenated alkanes) is 29. The van der Waals surface area contributed by atoms with Crippen LogP contribution < -0.4 is 14.2 Å². The summed E-state index contributed by atoms with van der Waals surface area (Å²) >= 11 is 0. The van der Waals surface area contributed by atoms with E-state index < -0.39 is 0 Å². The van der Waals surface area contributed by atoms with E-state index in [0.29, 0.717) is 12.4 Å². The molecule has 0 spiro atoms. The van der Waals surface area contributed by atoms with E-state index in [1.165, 1.54) is 208 Å². The highest BCUT2D eigenvalue weighted by Crippen LogP contribution is 2.46. The van der Waals surface area contributed by atoms with Gasteiger partial charge in [-0.25, -0.2) is 0 Å². The van der Waals surface area contributed by atoms with Gasteiger partial charge in [0, 0.05) is 17.7 Å². The molecule has 2 aromatic rings. The first-order valence-corrected chi connectivity index (χ1v) is 29.9. The summed E-state index contributed by atoms with van der Waals surface area (Å²) in [5, 5.41) is 19.3. The predicted octanol–water partition coefficient (Wildman–Crippen LogP) is 19.8. The summed E-state index contributed by atoms with van der Waals surface area (Å²) in [4.78, 5) is 0. The van der Waals surface area contributed by atoms with Crippen LogP contribution in [0.25, 0.3) is 0 Å². The summed E-state index contributed by atoms with van der Waals surface area (Å²) in [7, 11) is 0. The van der Waals surface area contributed by atoms with Crippen molar-refractivity contribution in [3.8, 4) is 23.0 Å². The molecule has 2 aliphatic heterocycles. The number of aliphatic hydroxyl groups is 1. The molecule has 0 aliphatic carbocycles. The first kappa shape index (κ1) is 60.9. The fourth-order valence-electron chi connectivity index (χ4n) is 11.3. The Morgan fingerprint density at radius 2 is 0.739 bits per heavy atom. The minimum atomic E-state index is -0.0509. The van der Waals surface area contributed by atoms with E-state index in [0.717, 1.165) is 105 Å². The largest absolute Gasteiger partial charge is 0.507 e. The minimum Gasteiger partial charge on any atom is -0.507 e. The topological polar surface area (TPSA) is 68.2 Å². The Morgan fingerprint density at radius 3 is 1.13 bits per heavy atom. The first-order chi connectivity index (χ1) is 33.3. The maximum Gasteiger partial charge on any atom is 0.127 e. The van der Waals surface area contributed by atoms with Crippen LogP contribution in [0.4, 0.5) is 0 Å². The van der Waals surface area contributed by atoms with E-state index in [4.69, 9.17) is 19.3 Å². The molecule has 0 saturated carbocycles. The Labute approximate surface area is 427 Å². The predicted molar refractivity (Wildman–Crippen MR) is 299 cm³/mol. The molecule has 0 saturated heterocycles. The molecule has 5 nitrogen and oxygen atoms in total. The van der Waals surface area contributed by atoms with Crippen LogP contribution in [-0.2, 0) is 12.8 Å². The van der Waals surface area contributed by atoms with Gasteiger partial charge in [-0.1, -0.05) is 187 Å². The molecule has 2 N–H and O–H groups in total. The van der Waals surface area contributed by atoms with Crippen LogP contribution in [0.5, 0.6) is 23.0 Å². The van der Waals surface area contributed by atoms with Gasteiger partial charge in [0.2, 0.25) is 0 Å². The zero-order valence-electron chi connectivity index (χ0n) is 47.4. The molecule has 0 fully saturated rings. The summed E-state index contributed by atoms with van der Waals surface area (Å²) in [6.07, 6.45) is 50.0. The molecule has 398 valence electrons. The molecule has 2 aromatic carbocycles. The fourth-order valence-corrected chi connectivity index (χ4v) is 11.3. The number of fused-ring (bicyclic) bond motifs is 2. The lowest BCUT2D eigenvalue weighted by atomic mass is 9.84. The van der Waals surface area contributed by atoms with Crippen LogP contribution in [0, 0.1) is 41.5 Å². The lowest BCUT2D eigenvalue weighted by Crippen LogP contribution is -2.37. The molecule has 2 heterocycles. The summed E-state index contributed by atoms with van der Waals surface area (Å²) in [5.74, 6) is 3.71. The van der Waals surface area contributed by atoms with Crippen molar-refractivity contribution < 1.29 is 24.4 Å². The normalized spacial score (nSPS) is 17.4. The Kier molecular flexibility index (Phi) is 30.8. The third-order valence-electron chi connectivity index (χ3n) is 16.6. The number of rotatable bonds is 37. The molecule has 0 unspecified atom stereocenters. The maximum absolute atomic E-state index is 10.4. The Bertz CT molecular complexity index is 1680. The highest BCUT2D eigenvalue weighted by molar-refractivity contribution is 5.59. The summed E-state index contributed by atoms with van der Waals surface area (Å²) in [5.41, 5.74) is 9.36. The molecule has 4 rings (SSSR count). The van der Waals surface area contributed by atoms with Crippen molar-refractivity contribution in [1.82, 2.24) is 0 Å². The number of aromatic hydroxyl groups is 1. The van der Waals surface area contributed by atoms with Gasteiger partial charge in [-0.05, 0) is 159 Å². The zero-order valence-corrected chi connectivity index (χ0v) is 47.4. The van der Waals surface area contributed by atoms with E-state index in [2.05, 4.69) is 55.4 Å². The van der Waals surface area contributed by atoms with Gasteiger partial charge in [-0.3, -0.25) is 0 Å². The van der Waals surface area contributed by atoms with E-state index in [-0.39, 0.29) is 11.2 Å². The van der Waals surface area contributed by atoms with Gasteiger partial charge in [0.15, 0.2) is 0 Å². The number of hydrogen-bond donors (Lipinski definition) is 2. The van der Waals surface area contributed by atoms with Crippen molar-refractivity contribution in [1.29, 1.82) is 0 Å². The lowest BCUT2D eigenvalue weighted by molar-refractivity contribution is 0.0518. The van der Waals surface area contributed by atoms with E-state index in [1.807, 2.05) is 13.8 Å². The second-order valence-corrected chi connectivity index (χ2v) is 22.8. The fraction of sp³-hybridized carbons (Fsp3) is 0.812. The van der Waals surface area contributed by atoms with E-state index in [1.54, 1.807) is 0 Å². The Balaban J connectivity index is 0.000000373. The number of aliphatic hydroxyl groups excluding tert-OH is 1. The van der Waals surface area contributed by atoms with Crippen LogP contribution in [0.2, 0.25) is 0 Å². The van der Waals surface area contributed by atoms with Crippen LogP contribution in [0.3, 0.4) is 0 Å². The first-order valence-electron chi connectivity index (χ1n) is 29.9. The van der Waals surface area contributed by atoms with Gasteiger partial charge in [0.05, 0.1) is 6.61 Å². The van der Waals surface area contributed by atoms with Gasteiger partial charge >= 0.3 is 0 Å². The highest BCUT2D eigenvalue weighted by Gasteiger charge is 2.35. The summed E-state index contributed by atoms with van der Waals surface area (Å²) < 4.78 is 19.6. The molecule has 5 heteroatoms. The summed E-state index contributed by atoms with van der Waals surface area (Å²) in [6, 6.07) is 0. The number of phenols is 1. The standard InChI is InChI=1S/C35H62O3.C29H50O2/c1-6-7-8-9-10-11-12-13-14-15-16-17-18-21-25-35(5)26-24-32-31(4)33(29(2)30(3)34(32)38-35)37-28-23-20-19-22-27-36;1-6-7-8-9-10-11-12-13-14-15-16-17-18-19-21-29(5)22-20-26-25(4)27(30)23(2)24(3)28(26)31-29/h36H,6-28H2,1-5H3;30H,6-22H2,1-5H3/t35-;29-/m11/s1. The molecule has 2 aliphatic rings. The van der Waals surface area contributed by atoms with Crippen molar-refractivity contribution >= 4 is 0 Å². The quantitative estimate of drug-likeness (QED) is 0.0661. The number of benzene rings is 2. The molecule has 69 heavy (non-hydrogen) atoms. The molecular formula is C64H112O5. The second-order valence-electron chi connectivity index (χ2n) is 22.8. The SMILES string of the molecule is CCCCCCCCCCCCCCCC[C@]1(C)CCc2c(C)c(O)c(C)c(C)c2O1.CCCCCCCCCCCCCCCC[C@]1(C)CCc2c(C)c(OCCCCCCO)c(C)c(C)c2O1. The average molecular weight is 962 g/mol. The maximum atomic E-state index is 10.4. The molecule has 0 aromatic heterocycles. The third kappa shape index (κ3) is 22.1. The number of ether oxygens (including phenoxy) is 3. The van der Waals surface area contributed by atoms with Gasteiger partial charge in [-0.15, -0.1) is 0 Å². The summed E-state index contributed by atoms with van der Waals surface area (Å²) in [6.45, 7) is 23.0. The number of hydrogen-bond acceptors (Lipinski definition) is 5. The average Bonchev–Trinajstić information content (AvgIpc) is 3.34. The van der Waals surface area contributed by atoms with E-state index in [9.17, 15) is 5.11 Å². The van der Waals surface area contributed by atoms with Crippen LogP contribution in [0.1, 0.15) is 303 Å². The molecular weight excluding hydrogens is 849 g/mol.